The number of nitrogens with zero attached hydrogens (tertiary/aromatic N) is 3. The molecule has 7 heteroatoms. The molecule has 1 aliphatic rings. The number of rotatable bonds is 1. The van der Waals surface area contributed by atoms with Crippen molar-refractivity contribution in [3.05, 3.63) is 29.6 Å². The maximum Gasteiger partial charge on any atom is 0.289 e. The van der Waals surface area contributed by atoms with Crippen LogP contribution < -0.4 is 0 Å². The zero-order valence-electron chi connectivity index (χ0n) is 11.7. The van der Waals surface area contributed by atoms with E-state index in [9.17, 15) is 13.6 Å². The lowest BCUT2D eigenvalue weighted by atomic mass is 10.3. The van der Waals surface area contributed by atoms with Crippen molar-refractivity contribution >= 4 is 16.9 Å². The number of H-pyrrole nitrogens is 1. The molecule has 1 aromatic heterocycles. The van der Waals surface area contributed by atoms with Gasteiger partial charge in [0.2, 0.25) is 0 Å². The SMILES string of the molecule is CN1CCCN(C(=O)c2nc3cc(F)c(F)cc3[nH]2)CC1. The highest BCUT2D eigenvalue weighted by Gasteiger charge is 2.22. The summed E-state index contributed by atoms with van der Waals surface area (Å²) < 4.78 is 26.4. The van der Waals surface area contributed by atoms with E-state index in [4.69, 9.17) is 0 Å². The van der Waals surface area contributed by atoms with E-state index in [1.807, 2.05) is 7.05 Å². The van der Waals surface area contributed by atoms with Gasteiger partial charge >= 0.3 is 0 Å². The van der Waals surface area contributed by atoms with Crippen molar-refractivity contribution in [2.45, 2.75) is 6.42 Å². The molecule has 0 unspecified atom stereocenters. The van der Waals surface area contributed by atoms with Crippen molar-refractivity contribution in [2.24, 2.45) is 0 Å². The van der Waals surface area contributed by atoms with Crippen LogP contribution in [0.3, 0.4) is 0 Å². The van der Waals surface area contributed by atoms with Gasteiger partial charge in [-0.1, -0.05) is 0 Å². The van der Waals surface area contributed by atoms with Crippen LogP contribution in [0.1, 0.15) is 17.0 Å². The highest BCUT2D eigenvalue weighted by Crippen LogP contribution is 2.17. The molecule has 0 aliphatic carbocycles. The second kappa shape index (κ2) is 5.40. The number of carbonyl (C=O) groups excluding carboxylic acids is 1. The van der Waals surface area contributed by atoms with Crippen molar-refractivity contribution in [3.63, 3.8) is 0 Å². The topological polar surface area (TPSA) is 52.2 Å². The van der Waals surface area contributed by atoms with Crippen LogP contribution >= 0.6 is 0 Å². The number of halogens is 2. The maximum atomic E-state index is 13.2. The summed E-state index contributed by atoms with van der Waals surface area (Å²) in [5, 5.41) is 0. The minimum Gasteiger partial charge on any atom is -0.335 e. The lowest BCUT2D eigenvalue weighted by Gasteiger charge is -2.19. The molecule has 1 aliphatic heterocycles. The summed E-state index contributed by atoms with van der Waals surface area (Å²) in [5.41, 5.74) is 0.577. The predicted octanol–water partition coefficient (Wildman–Crippen LogP) is 1.62. The lowest BCUT2D eigenvalue weighted by molar-refractivity contribution is 0.0752. The van der Waals surface area contributed by atoms with Crippen LogP contribution in [0, 0.1) is 11.6 Å². The van der Waals surface area contributed by atoms with Crippen LogP contribution in [-0.4, -0.2) is 58.9 Å². The second-order valence-electron chi connectivity index (χ2n) is 5.32. The maximum absolute atomic E-state index is 13.2. The Morgan fingerprint density at radius 2 is 1.95 bits per heavy atom. The minimum absolute atomic E-state index is 0.125. The average molecular weight is 294 g/mol. The van der Waals surface area contributed by atoms with E-state index < -0.39 is 11.6 Å². The number of nitrogens with one attached hydrogen (secondary N) is 1. The summed E-state index contributed by atoms with van der Waals surface area (Å²) in [4.78, 5) is 23.1. The molecule has 5 nitrogen and oxygen atoms in total. The number of imidazole rings is 1. The standard InChI is InChI=1S/C14H16F2N4O/c1-19-3-2-4-20(6-5-19)14(21)13-17-11-7-9(15)10(16)8-12(11)18-13/h7-8H,2-6H2,1H3,(H,17,18). The molecule has 1 amide bonds. The van der Waals surface area contributed by atoms with Gasteiger partial charge < -0.3 is 14.8 Å². The third-order valence-electron chi connectivity index (χ3n) is 3.73. The molecule has 112 valence electrons. The highest BCUT2D eigenvalue weighted by atomic mass is 19.2. The molecular formula is C14H16F2N4O. The highest BCUT2D eigenvalue weighted by molar-refractivity contribution is 5.94. The van der Waals surface area contributed by atoms with Crippen molar-refractivity contribution in [1.82, 2.24) is 19.8 Å². The van der Waals surface area contributed by atoms with Crippen LogP contribution in [0.25, 0.3) is 11.0 Å². The number of aromatic nitrogens is 2. The van der Waals surface area contributed by atoms with Crippen LogP contribution in [0.5, 0.6) is 0 Å². The summed E-state index contributed by atoms with van der Waals surface area (Å²) >= 11 is 0. The zero-order chi connectivity index (χ0) is 15.0. The van der Waals surface area contributed by atoms with Gasteiger partial charge in [0.05, 0.1) is 11.0 Å². The van der Waals surface area contributed by atoms with Crippen molar-refractivity contribution in [1.29, 1.82) is 0 Å². The molecule has 1 fully saturated rings. The number of amides is 1. The monoisotopic (exact) mass is 294 g/mol. The Balaban J connectivity index is 1.87. The molecule has 3 rings (SSSR count). The number of hydrogen-bond donors (Lipinski definition) is 1. The molecule has 0 spiro atoms. The van der Waals surface area contributed by atoms with Crippen molar-refractivity contribution in [2.75, 3.05) is 33.2 Å². The molecule has 2 aromatic rings. The third-order valence-corrected chi connectivity index (χ3v) is 3.73. The molecule has 1 N–H and O–H groups in total. The fraction of sp³-hybridized carbons (Fsp3) is 0.429. The van der Waals surface area contributed by atoms with Gasteiger partial charge in [-0.2, -0.15) is 0 Å². The third kappa shape index (κ3) is 2.73. The Bertz CT molecular complexity index is 646. The number of carbonyl (C=O) groups is 1. The number of hydrogen-bond acceptors (Lipinski definition) is 3. The van der Waals surface area contributed by atoms with Crippen LogP contribution in [0.2, 0.25) is 0 Å². The first-order valence-electron chi connectivity index (χ1n) is 6.87. The molecule has 1 saturated heterocycles. The van der Waals surface area contributed by atoms with E-state index in [1.54, 1.807) is 4.90 Å². The normalized spacial score (nSPS) is 17.2. The number of fused-ring (bicyclic) bond motifs is 1. The molecule has 21 heavy (non-hydrogen) atoms. The van der Waals surface area contributed by atoms with Gasteiger partial charge in [0.1, 0.15) is 0 Å². The summed E-state index contributed by atoms with van der Waals surface area (Å²) in [6.45, 7) is 3.02. The Morgan fingerprint density at radius 1 is 1.19 bits per heavy atom. The molecule has 0 radical (unpaired) electrons. The van der Waals surface area contributed by atoms with E-state index in [0.29, 0.717) is 18.6 Å². The summed E-state index contributed by atoms with van der Waals surface area (Å²) in [6.07, 6.45) is 0.895. The van der Waals surface area contributed by atoms with Gasteiger partial charge in [0, 0.05) is 31.8 Å². The second-order valence-corrected chi connectivity index (χ2v) is 5.32. The van der Waals surface area contributed by atoms with Crippen LogP contribution in [0.4, 0.5) is 8.78 Å². The molecule has 1 aromatic carbocycles. The Hall–Kier alpha value is -2.02. The Labute approximate surface area is 120 Å². The van der Waals surface area contributed by atoms with Gasteiger partial charge in [0.25, 0.3) is 5.91 Å². The summed E-state index contributed by atoms with van der Waals surface area (Å²) in [6, 6.07) is 2.01. The number of benzene rings is 1. The molecular weight excluding hydrogens is 278 g/mol. The number of likely N-dealkylation sites (N-methyl/N-ethyl adjacent to an activating group) is 1. The van der Waals surface area contributed by atoms with E-state index in [0.717, 1.165) is 31.6 Å². The molecule has 0 saturated carbocycles. The largest absolute Gasteiger partial charge is 0.335 e. The van der Waals surface area contributed by atoms with E-state index in [-0.39, 0.29) is 17.2 Å². The number of aromatic amines is 1. The van der Waals surface area contributed by atoms with Crippen LogP contribution in [0.15, 0.2) is 12.1 Å². The zero-order valence-corrected chi connectivity index (χ0v) is 11.7. The van der Waals surface area contributed by atoms with E-state index in [1.165, 1.54) is 0 Å². The van der Waals surface area contributed by atoms with Gasteiger partial charge in [0.15, 0.2) is 17.5 Å². The Morgan fingerprint density at radius 3 is 2.76 bits per heavy atom. The van der Waals surface area contributed by atoms with Crippen molar-refractivity contribution in [3.8, 4) is 0 Å². The molecule has 0 atom stereocenters. The minimum atomic E-state index is -0.968. The average Bonchev–Trinajstić information content (AvgIpc) is 2.72. The van der Waals surface area contributed by atoms with Crippen LogP contribution in [-0.2, 0) is 0 Å². The first kappa shape index (κ1) is 13.9. The fourth-order valence-electron chi connectivity index (χ4n) is 2.51. The van der Waals surface area contributed by atoms with Gasteiger partial charge in [-0.15, -0.1) is 0 Å². The molecule has 2 heterocycles. The smallest absolute Gasteiger partial charge is 0.289 e. The Kier molecular flexibility index (Phi) is 3.59. The lowest BCUT2D eigenvalue weighted by Crippen LogP contribution is -2.35. The van der Waals surface area contributed by atoms with Crippen molar-refractivity contribution < 1.29 is 13.6 Å². The van der Waals surface area contributed by atoms with E-state index >= 15 is 0 Å². The van der Waals surface area contributed by atoms with E-state index in [2.05, 4.69) is 14.9 Å². The van der Waals surface area contributed by atoms with Gasteiger partial charge in [-0.25, -0.2) is 13.8 Å². The summed E-state index contributed by atoms with van der Waals surface area (Å²) in [5.74, 6) is -2.03. The molecule has 0 bridgehead atoms. The first-order chi connectivity index (χ1) is 10.0. The first-order valence-corrected chi connectivity index (χ1v) is 6.87. The van der Waals surface area contributed by atoms with Gasteiger partial charge in [-0.3, -0.25) is 4.79 Å². The predicted molar refractivity (Wildman–Crippen MR) is 74.0 cm³/mol. The quantitative estimate of drug-likeness (QED) is 0.869. The van der Waals surface area contributed by atoms with Gasteiger partial charge in [-0.05, 0) is 20.0 Å². The fourth-order valence-corrected chi connectivity index (χ4v) is 2.51. The summed E-state index contributed by atoms with van der Waals surface area (Å²) in [7, 11) is 2.01.